The minimum Gasteiger partial charge on any atom is -0.384 e. The molecule has 0 unspecified atom stereocenters. The average Bonchev–Trinajstić information content (AvgIpc) is 2.29. The number of anilines is 2. The zero-order valence-corrected chi connectivity index (χ0v) is 13.9. The van der Waals surface area contributed by atoms with E-state index in [1.54, 1.807) is 18.5 Å². The van der Waals surface area contributed by atoms with Crippen molar-refractivity contribution in [1.82, 2.24) is 9.97 Å². The Labute approximate surface area is 144 Å². The third-order valence-electron chi connectivity index (χ3n) is 1.59. The minimum absolute atomic E-state index is 0. The summed E-state index contributed by atoms with van der Waals surface area (Å²) in [6.45, 7) is 0. The molecule has 0 fully saturated rings. The van der Waals surface area contributed by atoms with Crippen LogP contribution in [-0.2, 0) is 0 Å². The van der Waals surface area contributed by atoms with Gasteiger partial charge in [0.1, 0.15) is 11.6 Å². The van der Waals surface area contributed by atoms with E-state index in [-0.39, 0.29) is 14.9 Å². The highest BCUT2D eigenvalue weighted by molar-refractivity contribution is 14.1. The summed E-state index contributed by atoms with van der Waals surface area (Å²) in [5, 5.41) is 0. The quantitative estimate of drug-likeness (QED) is 0.509. The van der Waals surface area contributed by atoms with Crippen molar-refractivity contribution in [2.45, 2.75) is 14.9 Å². The van der Waals surface area contributed by atoms with Gasteiger partial charge in [-0.25, -0.2) is 9.97 Å². The SMILES string of the molecule is C.C.Nc1ccc(Br)cn1.Nc1ncc(Br)cc1I. The fourth-order valence-corrected chi connectivity index (χ4v) is 2.28. The van der Waals surface area contributed by atoms with E-state index >= 15 is 0 Å². The van der Waals surface area contributed by atoms with Crippen LogP contribution >= 0.6 is 54.5 Å². The van der Waals surface area contributed by atoms with Crippen LogP contribution in [0.3, 0.4) is 0 Å². The summed E-state index contributed by atoms with van der Waals surface area (Å²) >= 11 is 8.63. The van der Waals surface area contributed by atoms with E-state index in [0.29, 0.717) is 11.6 Å². The Balaban J connectivity index is 0. The van der Waals surface area contributed by atoms with Crippen LogP contribution < -0.4 is 11.5 Å². The van der Waals surface area contributed by atoms with Gasteiger partial charge >= 0.3 is 0 Å². The fourth-order valence-electron chi connectivity index (χ4n) is 0.812. The van der Waals surface area contributed by atoms with E-state index in [1.807, 2.05) is 12.1 Å². The summed E-state index contributed by atoms with van der Waals surface area (Å²) in [4.78, 5) is 7.71. The van der Waals surface area contributed by atoms with Gasteiger partial charge in [-0.05, 0) is 72.6 Å². The normalized spacial score (nSPS) is 8.37. The highest BCUT2D eigenvalue weighted by atomic mass is 127. The first kappa shape index (κ1) is 20.9. The first-order valence-electron chi connectivity index (χ1n) is 4.42. The predicted molar refractivity (Wildman–Crippen MR) is 98.9 cm³/mol. The molecule has 7 heteroatoms. The number of hydrogen-bond donors (Lipinski definition) is 2. The number of nitrogen functional groups attached to an aromatic ring is 2. The third-order valence-corrected chi connectivity index (χ3v) is 3.35. The average molecular weight is 504 g/mol. The molecule has 2 rings (SSSR count). The van der Waals surface area contributed by atoms with Crippen molar-refractivity contribution in [3.05, 3.63) is 43.1 Å². The largest absolute Gasteiger partial charge is 0.384 e. The maximum absolute atomic E-state index is 5.45. The second-order valence-corrected chi connectivity index (χ2v) is 5.92. The summed E-state index contributed by atoms with van der Waals surface area (Å²) in [6, 6.07) is 5.51. The van der Waals surface area contributed by atoms with E-state index in [1.165, 1.54) is 0 Å². The van der Waals surface area contributed by atoms with Gasteiger partial charge in [0.05, 0.1) is 3.57 Å². The summed E-state index contributed by atoms with van der Waals surface area (Å²) in [6.07, 6.45) is 3.34. The Morgan fingerprint density at radius 1 is 0.947 bits per heavy atom. The highest BCUT2D eigenvalue weighted by Crippen LogP contribution is 2.16. The van der Waals surface area contributed by atoms with Crippen LogP contribution in [0.1, 0.15) is 14.9 Å². The van der Waals surface area contributed by atoms with Gasteiger partial charge in [0.15, 0.2) is 0 Å². The van der Waals surface area contributed by atoms with Gasteiger partial charge in [-0.1, -0.05) is 14.9 Å². The molecule has 0 aliphatic heterocycles. The Kier molecular flexibility index (Phi) is 11.4. The maximum Gasteiger partial charge on any atom is 0.136 e. The number of aromatic nitrogens is 2. The minimum atomic E-state index is 0. The molecule has 0 bridgehead atoms. The monoisotopic (exact) mass is 502 g/mol. The zero-order valence-electron chi connectivity index (χ0n) is 8.57. The van der Waals surface area contributed by atoms with E-state index in [2.05, 4.69) is 64.4 Å². The van der Waals surface area contributed by atoms with Gasteiger partial charge in [-0.2, -0.15) is 0 Å². The molecule has 0 aliphatic rings. The molecular weight excluding hydrogens is 487 g/mol. The molecular formula is C12H17Br2IN4. The summed E-state index contributed by atoms with van der Waals surface area (Å²) in [7, 11) is 0. The van der Waals surface area contributed by atoms with Crippen molar-refractivity contribution < 1.29 is 0 Å². The molecule has 4 nitrogen and oxygen atoms in total. The van der Waals surface area contributed by atoms with Crippen LogP contribution in [0.4, 0.5) is 11.6 Å². The number of hydrogen-bond acceptors (Lipinski definition) is 4. The summed E-state index contributed by atoms with van der Waals surface area (Å²) < 4.78 is 2.88. The number of nitrogens with two attached hydrogens (primary N) is 2. The Hall–Kier alpha value is -0.410. The maximum atomic E-state index is 5.45. The molecule has 0 aromatic carbocycles. The first-order valence-corrected chi connectivity index (χ1v) is 7.09. The van der Waals surface area contributed by atoms with Gasteiger partial charge in [0, 0.05) is 21.3 Å². The van der Waals surface area contributed by atoms with Crippen molar-refractivity contribution in [1.29, 1.82) is 0 Å². The molecule has 0 saturated carbocycles. The van der Waals surface area contributed by atoms with Gasteiger partial charge in [0.25, 0.3) is 0 Å². The highest BCUT2D eigenvalue weighted by Gasteiger charge is 1.94. The van der Waals surface area contributed by atoms with Crippen LogP contribution in [0, 0.1) is 3.57 Å². The lowest BCUT2D eigenvalue weighted by molar-refractivity contribution is 1.30. The summed E-state index contributed by atoms with van der Waals surface area (Å²) in [5.74, 6) is 1.13. The van der Waals surface area contributed by atoms with Gasteiger partial charge < -0.3 is 11.5 Å². The Morgan fingerprint density at radius 2 is 1.53 bits per heavy atom. The van der Waals surface area contributed by atoms with Crippen LogP contribution in [0.2, 0.25) is 0 Å². The second kappa shape index (κ2) is 10.4. The van der Waals surface area contributed by atoms with Crippen LogP contribution in [-0.4, -0.2) is 9.97 Å². The molecule has 19 heavy (non-hydrogen) atoms. The molecule has 2 aromatic rings. The van der Waals surface area contributed by atoms with E-state index < -0.39 is 0 Å². The lowest BCUT2D eigenvalue weighted by Gasteiger charge is -1.94. The van der Waals surface area contributed by atoms with Crippen molar-refractivity contribution in [3.8, 4) is 0 Å². The van der Waals surface area contributed by atoms with Crippen molar-refractivity contribution in [3.63, 3.8) is 0 Å². The standard InChI is InChI=1S/C5H4BrIN2.C5H5BrN2.2CH4/c6-3-1-4(7)5(8)9-2-3;6-4-1-2-5(7)8-3-4;;/h1-2H,(H2,8,9);1-3H,(H2,7,8);2*1H4. The number of halogens is 3. The first-order chi connectivity index (χ1) is 7.99. The molecule has 0 amide bonds. The number of rotatable bonds is 0. The van der Waals surface area contributed by atoms with Crippen LogP contribution in [0.15, 0.2) is 39.5 Å². The predicted octanol–water partition coefficient (Wildman–Crippen LogP) is 4.73. The van der Waals surface area contributed by atoms with Gasteiger partial charge in [-0.3, -0.25) is 0 Å². The topological polar surface area (TPSA) is 77.8 Å². The van der Waals surface area contributed by atoms with Crippen LogP contribution in [0.5, 0.6) is 0 Å². The van der Waals surface area contributed by atoms with E-state index in [4.69, 9.17) is 11.5 Å². The molecule has 2 heterocycles. The lowest BCUT2D eigenvalue weighted by atomic mass is 10.5. The van der Waals surface area contributed by atoms with Crippen LogP contribution in [0.25, 0.3) is 0 Å². The molecule has 0 saturated heterocycles. The number of nitrogens with zero attached hydrogens (tertiary/aromatic N) is 2. The van der Waals surface area contributed by atoms with Crippen molar-refractivity contribution >= 4 is 66.1 Å². The van der Waals surface area contributed by atoms with Gasteiger partial charge in [-0.15, -0.1) is 0 Å². The van der Waals surface area contributed by atoms with E-state index in [0.717, 1.165) is 12.5 Å². The van der Waals surface area contributed by atoms with Crippen molar-refractivity contribution in [2.75, 3.05) is 11.5 Å². The molecule has 4 N–H and O–H groups in total. The smallest absolute Gasteiger partial charge is 0.136 e. The second-order valence-electron chi connectivity index (χ2n) is 2.92. The lowest BCUT2D eigenvalue weighted by Crippen LogP contribution is -1.91. The molecule has 0 spiro atoms. The van der Waals surface area contributed by atoms with E-state index in [9.17, 15) is 0 Å². The fraction of sp³-hybridized carbons (Fsp3) is 0.167. The molecule has 0 radical (unpaired) electrons. The Bertz CT molecular complexity index is 471. The third kappa shape index (κ3) is 8.38. The van der Waals surface area contributed by atoms with Crippen molar-refractivity contribution in [2.24, 2.45) is 0 Å². The summed E-state index contributed by atoms with van der Waals surface area (Å²) in [5.41, 5.74) is 10.7. The molecule has 106 valence electrons. The molecule has 0 aliphatic carbocycles. The van der Waals surface area contributed by atoms with Gasteiger partial charge in [0.2, 0.25) is 0 Å². The Morgan fingerprint density at radius 3 is 1.89 bits per heavy atom. The molecule has 0 atom stereocenters. The number of pyridine rings is 2. The molecule has 2 aromatic heterocycles. The zero-order chi connectivity index (χ0) is 12.8.